The molecule has 3 aromatic carbocycles. The van der Waals surface area contributed by atoms with Crippen LogP contribution in [0.25, 0.3) is 0 Å². The molecule has 6 heteroatoms. The van der Waals surface area contributed by atoms with Crippen LogP contribution in [0.4, 0.5) is 11.4 Å². The Hall–Kier alpha value is -3.80. The van der Waals surface area contributed by atoms with Crippen LogP contribution in [0.2, 0.25) is 0 Å². The molecule has 0 saturated carbocycles. The van der Waals surface area contributed by atoms with Gasteiger partial charge in [0.25, 0.3) is 5.69 Å². The second kappa shape index (κ2) is 6.16. The smallest absolute Gasteiger partial charge is 0.274 e. The van der Waals surface area contributed by atoms with Gasteiger partial charge in [0.05, 0.1) is 16.8 Å². The van der Waals surface area contributed by atoms with Crippen molar-refractivity contribution in [2.24, 2.45) is 11.8 Å². The minimum absolute atomic E-state index is 0.0507. The molecule has 0 unspecified atom stereocenters. The summed E-state index contributed by atoms with van der Waals surface area (Å²) in [6.07, 6.45) is 0. The molecule has 2 bridgehead atoms. The predicted octanol–water partition coefficient (Wildman–Crippen LogP) is 4.65. The standard InChI is InChI=1S/C27H22N2O4/c1-15-12-13-20(21(14-15)29(32)33)28-24(30)22-23(25(28)31)27(3)18-10-6-4-8-16(18)26(22,2)17-9-5-7-11-19(17)27/h4-14,22-23H,1-3H3/t22-,23-,26?,27?/m1/s1. The Morgan fingerprint density at radius 3 is 1.61 bits per heavy atom. The summed E-state index contributed by atoms with van der Waals surface area (Å²) in [7, 11) is 0. The number of amides is 2. The van der Waals surface area contributed by atoms with E-state index in [-0.39, 0.29) is 23.2 Å². The first-order valence-corrected chi connectivity index (χ1v) is 11.0. The van der Waals surface area contributed by atoms with E-state index in [0.29, 0.717) is 5.56 Å². The maximum absolute atomic E-state index is 14.0. The van der Waals surface area contributed by atoms with E-state index in [0.717, 1.165) is 27.2 Å². The van der Waals surface area contributed by atoms with Crippen molar-refractivity contribution in [2.45, 2.75) is 31.6 Å². The van der Waals surface area contributed by atoms with Gasteiger partial charge in [-0.05, 0) is 40.8 Å². The normalized spacial score (nSPS) is 29.0. The lowest BCUT2D eigenvalue weighted by molar-refractivity contribution is -0.384. The molecule has 6 nitrogen and oxygen atoms in total. The molecule has 2 atom stereocenters. The number of imide groups is 1. The van der Waals surface area contributed by atoms with E-state index >= 15 is 0 Å². The average molecular weight is 438 g/mol. The quantitative estimate of drug-likeness (QED) is 0.331. The van der Waals surface area contributed by atoms with Crippen LogP contribution in [0.15, 0.2) is 66.7 Å². The first-order valence-electron chi connectivity index (χ1n) is 11.0. The first kappa shape index (κ1) is 19.9. The molecule has 33 heavy (non-hydrogen) atoms. The molecule has 1 aliphatic heterocycles. The molecule has 1 fully saturated rings. The van der Waals surface area contributed by atoms with E-state index in [1.807, 2.05) is 38.1 Å². The number of hydrogen-bond acceptors (Lipinski definition) is 4. The lowest BCUT2D eigenvalue weighted by Crippen LogP contribution is -2.59. The van der Waals surface area contributed by atoms with Gasteiger partial charge in [-0.3, -0.25) is 19.7 Å². The van der Waals surface area contributed by atoms with Gasteiger partial charge in [0.1, 0.15) is 5.69 Å². The van der Waals surface area contributed by atoms with E-state index in [4.69, 9.17) is 0 Å². The highest BCUT2D eigenvalue weighted by atomic mass is 16.6. The van der Waals surface area contributed by atoms with Crippen LogP contribution in [0.1, 0.15) is 41.7 Å². The summed E-state index contributed by atoms with van der Waals surface area (Å²) in [6, 6.07) is 20.7. The van der Waals surface area contributed by atoms with E-state index in [1.54, 1.807) is 13.0 Å². The van der Waals surface area contributed by atoms with Gasteiger partial charge in [0.2, 0.25) is 11.8 Å². The lowest BCUT2D eigenvalue weighted by atomic mass is 9.42. The monoisotopic (exact) mass is 438 g/mol. The molecule has 2 amide bonds. The van der Waals surface area contributed by atoms with Crippen LogP contribution in [-0.4, -0.2) is 16.7 Å². The largest absolute Gasteiger partial charge is 0.293 e. The third-order valence-electron chi connectivity index (χ3n) is 8.21. The molecule has 0 N–H and O–H groups in total. The highest BCUT2D eigenvalue weighted by Gasteiger charge is 2.70. The number of nitro groups is 1. The molecule has 1 saturated heterocycles. The summed E-state index contributed by atoms with van der Waals surface area (Å²) in [5, 5.41) is 11.8. The lowest BCUT2D eigenvalue weighted by Gasteiger charge is -2.57. The fourth-order valence-corrected chi connectivity index (χ4v) is 6.78. The van der Waals surface area contributed by atoms with Crippen molar-refractivity contribution in [2.75, 3.05) is 4.90 Å². The van der Waals surface area contributed by atoms with E-state index < -0.39 is 27.6 Å². The van der Waals surface area contributed by atoms with Crippen molar-refractivity contribution in [1.82, 2.24) is 0 Å². The molecule has 4 aliphatic rings. The number of rotatable bonds is 2. The van der Waals surface area contributed by atoms with Gasteiger partial charge in [0.15, 0.2) is 0 Å². The summed E-state index contributed by atoms with van der Waals surface area (Å²) in [6.45, 7) is 5.83. The molecular weight excluding hydrogens is 416 g/mol. The van der Waals surface area contributed by atoms with Crippen molar-refractivity contribution < 1.29 is 14.5 Å². The van der Waals surface area contributed by atoms with Crippen molar-refractivity contribution in [3.8, 4) is 0 Å². The molecule has 0 spiro atoms. The van der Waals surface area contributed by atoms with Gasteiger partial charge in [0, 0.05) is 16.9 Å². The van der Waals surface area contributed by atoms with Gasteiger partial charge in [-0.2, -0.15) is 0 Å². The predicted molar refractivity (Wildman–Crippen MR) is 123 cm³/mol. The third-order valence-corrected chi connectivity index (χ3v) is 8.21. The summed E-state index contributed by atoms with van der Waals surface area (Å²) < 4.78 is 0. The van der Waals surface area contributed by atoms with Crippen LogP contribution in [0, 0.1) is 28.9 Å². The molecule has 3 aromatic rings. The molecule has 3 aliphatic carbocycles. The Bertz CT molecular complexity index is 1290. The second-order valence-corrected chi connectivity index (χ2v) is 9.71. The molecular formula is C27H22N2O4. The summed E-state index contributed by atoms with van der Waals surface area (Å²) in [5.74, 6) is -2.01. The minimum atomic E-state index is -0.712. The van der Waals surface area contributed by atoms with E-state index in [9.17, 15) is 19.7 Å². The van der Waals surface area contributed by atoms with Gasteiger partial charge in [-0.25, -0.2) is 4.90 Å². The number of nitrogens with zero attached hydrogens (tertiary/aromatic N) is 2. The second-order valence-electron chi connectivity index (χ2n) is 9.71. The SMILES string of the molecule is Cc1ccc(N2C(=O)[C@H]3[C@H](C2=O)C2(C)c4ccccc4C3(C)c3ccccc32)c([N+](=O)[O-])c1. The first-order chi connectivity index (χ1) is 15.7. The van der Waals surface area contributed by atoms with Gasteiger partial charge >= 0.3 is 0 Å². The Labute approximate surface area is 191 Å². The van der Waals surface area contributed by atoms with Gasteiger partial charge in [-0.1, -0.05) is 68.4 Å². The third kappa shape index (κ3) is 2.14. The average Bonchev–Trinajstić information content (AvgIpc) is 3.08. The molecule has 0 aromatic heterocycles. The fourth-order valence-electron chi connectivity index (χ4n) is 6.78. The van der Waals surface area contributed by atoms with Crippen molar-refractivity contribution in [3.63, 3.8) is 0 Å². The Morgan fingerprint density at radius 1 is 0.788 bits per heavy atom. The minimum Gasteiger partial charge on any atom is -0.274 e. The number of hydrogen-bond donors (Lipinski definition) is 0. The number of aryl methyl sites for hydroxylation is 1. The van der Waals surface area contributed by atoms with Crippen LogP contribution in [0.3, 0.4) is 0 Å². The van der Waals surface area contributed by atoms with Gasteiger partial charge < -0.3 is 0 Å². The zero-order chi connectivity index (χ0) is 23.3. The van der Waals surface area contributed by atoms with Crippen LogP contribution < -0.4 is 4.90 Å². The van der Waals surface area contributed by atoms with Crippen molar-refractivity contribution in [1.29, 1.82) is 0 Å². The van der Waals surface area contributed by atoms with Crippen molar-refractivity contribution in [3.05, 3.63) is 105 Å². The maximum Gasteiger partial charge on any atom is 0.293 e. The number of nitro benzene ring substituents is 1. The number of benzene rings is 3. The summed E-state index contributed by atoms with van der Waals surface area (Å²) in [5.41, 5.74) is 3.29. The topological polar surface area (TPSA) is 80.5 Å². The van der Waals surface area contributed by atoms with Gasteiger partial charge in [-0.15, -0.1) is 0 Å². The van der Waals surface area contributed by atoms with Crippen LogP contribution in [-0.2, 0) is 20.4 Å². The highest BCUT2D eigenvalue weighted by Crippen LogP contribution is 2.66. The Kier molecular flexibility index (Phi) is 3.71. The fraction of sp³-hybridized carbons (Fsp3) is 0.259. The van der Waals surface area contributed by atoms with Crippen LogP contribution >= 0.6 is 0 Å². The molecule has 164 valence electrons. The molecule has 0 radical (unpaired) electrons. The van der Waals surface area contributed by atoms with E-state index in [2.05, 4.69) is 24.3 Å². The van der Waals surface area contributed by atoms with E-state index in [1.165, 1.54) is 12.1 Å². The number of carbonyl (C=O) groups excluding carboxylic acids is 2. The Balaban J connectivity index is 1.65. The van der Waals surface area contributed by atoms with Crippen LogP contribution in [0.5, 0.6) is 0 Å². The van der Waals surface area contributed by atoms with Crippen molar-refractivity contribution >= 4 is 23.2 Å². The zero-order valence-corrected chi connectivity index (χ0v) is 18.5. The summed E-state index contributed by atoms with van der Waals surface area (Å²) in [4.78, 5) is 40.5. The highest BCUT2D eigenvalue weighted by molar-refractivity contribution is 6.25. The number of anilines is 1. The maximum atomic E-state index is 14.0. The zero-order valence-electron chi connectivity index (χ0n) is 18.5. The number of carbonyl (C=O) groups is 2. The molecule has 7 rings (SSSR count). The Morgan fingerprint density at radius 2 is 1.21 bits per heavy atom. The summed E-state index contributed by atoms with van der Waals surface area (Å²) >= 11 is 0. The molecule has 1 heterocycles.